The predicted molar refractivity (Wildman–Crippen MR) is 79.1 cm³/mol. The second kappa shape index (κ2) is 5.67. The van der Waals surface area contributed by atoms with Gasteiger partial charge in [0, 0.05) is 24.4 Å². The zero-order valence-electron chi connectivity index (χ0n) is 12.8. The molecule has 0 aliphatic heterocycles. The molecule has 0 bridgehead atoms. The average Bonchev–Trinajstić information content (AvgIpc) is 2.78. The summed E-state index contributed by atoms with van der Waals surface area (Å²) in [6.07, 6.45) is 1.96. The lowest BCUT2D eigenvalue weighted by atomic mass is 9.95. The standard InChI is InChI=1S/C16H22N2O2/c1-6-13-12(9-18(4)17-13)16(19)15-11(3)7-10(2)8-14(15)20-5/h7-9,16,19H,6H2,1-5H3. The van der Waals surface area contributed by atoms with E-state index in [-0.39, 0.29) is 0 Å². The summed E-state index contributed by atoms with van der Waals surface area (Å²) in [5.41, 5.74) is 4.74. The van der Waals surface area contributed by atoms with Crippen molar-refractivity contribution in [3.05, 3.63) is 46.3 Å². The number of aromatic nitrogens is 2. The van der Waals surface area contributed by atoms with Crippen molar-refractivity contribution in [3.8, 4) is 5.75 Å². The summed E-state index contributed by atoms with van der Waals surface area (Å²) in [6, 6.07) is 4.01. The number of rotatable bonds is 4. The molecular formula is C16H22N2O2. The summed E-state index contributed by atoms with van der Waals surface area (Å²) >= 11 is 0. The Hall–Kier alpha value is -1.81. The SMILES string of the molecule is CCc1nn(C)cc1C(O)c1c(C)cc(C)cc1OC. The fourth-order valence-electron chi connectivity index (χ4n) is 2.67. The smallest absolute Gasteiger partial charge is 0.125 e. The van der Waals surface area contributed by atoms with E-state index >= 15 is 0 Å². The number of aliphatic hydroxyl groups excluding tert-OH is 1. The van der Waals surface area contributed by atoms with E-state index in [1.807, 2.05) is 40.1 Å². The van der Waals surface area contributed by atoms with Crippen LogP contribution in [0, 0.1) is 13.8 Å². The molecule has 108 valence electrons. The van der Waals surface area contributed by atoms with E-state index in [1.54, 1.807) is 11.8 Å². The van der Waals surface area contributed by atoms with Gasteiger partial charge in [-0.2, -0.15) is 5.10 Å². The van der Waals surface area contributed by atoms with Gasteiger partial charge in [-0.15, -0.1) is 0 Å². The van der Waals surface area contributed by atoms with Gasteiger partial charge >= 0.3 is 0 Å². The Morgan fingerprint density at radius 2 is 2.05 bits per heavy atom. The maximum Gasteiger partial charge on any atom is 0.125 e. The second-order valence-corrected chi connectivity index (χ2v) is 5.16. The molecule has 0 aliphatic rings. The lowest BCUT2D eigenvalue weighted by Gasteiger charge is -2.18. The van der Waals surface area contributed by atoms with Gasteiger partial charge in [0.25, 0.3) is 0 Å². The molecule has 2 aromatic rings. The van der Waals surface area contributed by atoms with Crippen LogP contribution in [0.15, 0.2) is 18.3 Å². The van der Waals surface area contributed by atoms with E-state index in [9.17, 15) is 5.11 Å². The Morgan fingerprint density at radius 1 is 1.35 bits per heavy atom. The Labute approximate surface area is 120 Å². The van der Waals surface area contributed by atoms with E-state index in [2.05, 4.69) is 11.2 Å². The summed E-state index contributed by atoms with van der Waals surface area (Å²) in [5, 5.41) is 15.2. The van der Waals surface area contributed by atoms with Crippen LogP contribution in [-0.2, 0) is 13.5 Å². The van der Waals surface area contributed by atoms with Crippen molar-refractivity contribution < 1.29 is 9.84 Å². The molecule has 0 fully saturated rings. The fourth-order valence-corrected chi connectivity index (χ4v) is 2.67. The van der Waals surface area contributed by atoms with E-state index in [0.29, 0.717) is 0 Å². The molecule has 0 amide bonds. The Balaban J connectivity index is 2.55. The van der Waals surface area contributed by atoms with Crippen molar-refractivity contribution in [1.82, 2.24) is 9.78 Å². The summed E-state index contributed by atoms with van der Waals surface area (Å²) in [7, 11) is 3.50. The summed E-state index contributed by atoms with van der Waals surface area (Å²) in [6.45, 7) is 6.06. The van der Waals surface area contributed by atoms with Crippen LogP contribution in [0.4, 0.5) is 0 Å². The van der Waals surface area contributed by atoms with Crippen LogP contribution in [0.25, 0.3) is 0 Å². The third-order valence-electron chi connectivity index (χ3n) is 3.55. The average molecular weight is 274 g/mol. The molecule has 1 unspecified atom stereocenters. The first kappa shape index (κ1) is 14.6. The highest BCUT2D eigenvalue weighted by atomic mass is 16.5. The van der Waals surface area contributed by atoms with Crippen LogP contribution in [0.1, 0.15) is 41.0 Å². The molecule has 0 aliphatic carbocycles. The highest BCUT2D eigenvalue weighted by Gasteiger charge is 2.22. The molecule has 0 saturated heterocycles. The molecule has 1 atom stereocenters. The zero-order chi connectivity index (χ0) is 14.9. The number of aliphatic hydroxyl groups is 1. The van der Waals surface area contributed by atoms with Gasteiger partial charge in [-0.3, -0.25) is 4.68 Å². The first-order valence-corrected chi connectivity index (χ1v) is 6.83. The molecule has 0 spiro atoms. The maximum atomic E-state index is 10.8. The number of ether oxygens (including phenoxy) is 1. The molecular weight excluding hydrogens is 252 g/mol. The summed E-state index contributed by atoms with van der Waals surface area (Å²) in [4.78, 5) is 0. The van der Waals surface area contributed by atoms with Gasteiger partial charge in [0.15, 0.2) is 0 Å². The monoisotopic (exact) mass is 274 g/mol. The number of nitrogens with zero attached hydrogens (tertiary/aromatic N) is 2. The van der Waals surface area contributed by atoms with Gasteiger partial charge in [0.05, 0.1) is 12.8 Å². The Bertz CT molecular complexity index is 617. The predicted octanol–water partition coefficient (Wildman–Crippen LogP) is 2.69. The number of benzene rings is 1. The van der Waals surface area contributed by atoms with Crippen LogP contribution in [0.5, 0.6) is 5.75 Å². The molecule has 1 aromatic carbocycles. The molecule has 20 heavy (non-hydrogen) atoms. The quantitative estimate of drug-likeness (QED) is 0.932. The van der Waals surface area contributed by atoms with Crippen molar-refractivity contribution in [1.29, 1.82) is 0 Å². The van der Waals surface area contributed by atoms with Gasteiger partial charge in [0.1, 0.15) is 11.9 Å². The lowest BCUT2D eigenvalue weighted by molar-refractivity contribution is 0.212. The molecule has 2 rings (SSSR count). The molecule has 0 saturated carbocycles. The second-order valence-electron chi connectivity index (χ2n) is 5.16. The largest absolute Gasteiger partial charge is 0.496 e. The van der Waals surface area contributed by atoms with Crippen LogP contribution >= 0.6 is 0 Å². The van der Waals surface area contributed by atoms with Crippen molar-refractivity contribution >= 4 is 0 Å². The topological polar surface area (TPSA) is 47.3 Å². The summed E-state index contributed by atoms with van der Waals surface area (Å²) in [5.74, 6) is 0.723. The van der Waals surface area contributed by atoms with Crippen LogP contribution in [0.2, 0.25) is 0 Å². The Kier molecular flexibility index (Phi) is 4.14. The minimum atomic E-state index is -0.714. The first-order valence-electron chi connectivity index (χ1n) is 6.83. The number of methoxy groups -OCH3 is 1. The van der Waals surface area contributed by atoms with E-state index < -0.39 is 6.10 Å². The van der Waals surface area contributed by atoms with E-state index in [1.165, 1.54) is 0 Å². The van der Waals surface area contributed by atoms with Gasteiger partial charge in [-0.05, 0) is 37.5 Å². The van der Waals surface area contributed by atoms with Crippen molar-refractivity contribution in [2.75, 3.05) is 7.11 Å². The molecule has 4 heteroatoms. The van der Waals surface area contributed by atoms with Crippen molar-refractivity contribution in [3.63, 3.8) is 0 Å². The Morgan fingerprint density at radius 3 is 2.65 bits per heavy atom. The highest BCUT2D eigenvalue weighted by molar-refractivity contribution is 5.48. The van der Waals surface area contributed by atoms with Crippen molar-refractivity contribution in [2.45, 2.75) is 33.3 Å². The third-order valence-corrected chi connectivity index (χ3v) is 3.55. The zero-order valence-corrected chi connectivity index (χ0v) is 12.8. The van der Waals surface area contributed by atoms with Crippen LogP contribution < -0.4 is 4.74 Å². The number of hydrogen-bond donors (Lipinski definition) is 1. The number of hydrogen-bond acceptors (Lipinski definition) is 3. The molecule has 0 radical (unpaired) electrons. The van der Waals surface area contributed by atoms with E-state index in [4.69, 9.17) is 4.74 Å². The minimum Gasteiger partial charge on any atom is -0.496 e. The summed E-state index contributed by atoms with van der Waals surface area (Å²) < 4.78 is 7.19. The third kappa shape index (κ3) is 2.56. The van der Waals surface area contributed by atoms with Gasteiger partial charge in [0.2, 0.25) is 0 Å². The fraction of sp³-hybridized carbons (Fsp3) is 0.438. The molecule has 1 aromatic heterocycles. The van der Waals surface area contributed by atoms with Crippen molar-refractivity contribution in [2.24, 2.45) is 7.05 Å². The van der Waals surface area contributed by atoms with E-state index in [0.717, 1.165) is 40.1 Å². The van der Waals surface area contributed by atoms with Crippen LogP contribution in [0.3, 0.4) is 0 Å². The normalized spacial score (nSPS) is 12.5. The molecule has 1 heterocycles. The highest BCUT2D eigenvalue weighted by Crippen LogP contribution is 2.34. The molecule has 1 N–H and O–H groups in total. The van der Waals surface area contributed by atoms with Gasteiger partial charge in [-0.1, -0.05) is 13.0 Å². The minimum absolute atomic E-state index is 0.714. The van der Waals surface area contributed by atoms with Gasteiger partial charge < -0.3 is 9.84 Å². The van der Waals surface area contributed by atoms with Gasteiger partial charge in [-0.25, -0.2) is 0 Å². The molecule has 4 nitrogen and oxygen atoms in total. The first-order chi connectivity index (χ1) is 9.47. The van der Waals surface area contributed by atoms with Crippen LogP contribution in [-0.4, -0.2) is 22.0 Å². The lowest BCUT2D eigenvalue weighted by Crippen LogP contribution is -2.06. The maximum absolute atomic E-state index is 10.8. The number of aryl methyl sites for hydroxylation is 4.